The summed E-state index contributed by atoms with van der Waals surface area (Å²) in [6.07, 6.45) is 10.9. The zero-order valence-electron chi connectivity index (χ0n) is 33.3. The Morgan fingerprint density at radius 1 is 0.574 bits per heavy atom. The van der Waals surface area contributed by atoms with Gasteiger partial charge in [0.25, 0.3) is 0 Å². The molecule has 2 aliphatic carbocycles. The summed E-state index contributed by atoms with van der Waals surface area (Å²) in [6, 6.07) is 50.8. The minimum atomic E-state index is -0.499. The molecule has 0 saturated carbocycles. The third kappa shape index (κ3) is 9.57. The van der Waals surface area contributed by atoms with Gasteiger partial charge in [0.1, 0.15) is 0 Å². The van der Waals surface area contributed by atoms with E-state index in [0.29, 0.717) is 0 Å². The van der Waals surface area contributed by atoms with Gasteiger partial charge in [0.05, 0.1) is 0 Å². The fourth-order valence-electron chi connectivity index (χ4n) is 7.21. The second-order valence-corrected chi connectivity index (χ2v) is 22.1. The van der Waals surface area contributed by atoms with E-state index < -0.39 is 5.43 Å². The molecule has 6 aromatic rings. The van der Waals surface area contributed by atoms with Crippen molar-refractivity contribution in [1.29, 1.82) is 0 Å². The molecule has 8 rings (SSSR count). The maximum Gasteiger partial charge on any atom is -0.109 e. The molecule has 0 amide bonds. The van der Waals surface area contributed by atoms with Gasteiger partial charge in [-0.2, -0.15) is 6.08 Å². The van der Waals surface area contributed by atoms with Crippen molar-refractivity contribution in [2.24, 2.45) is 0 Å². The Morgan fingerprint density at radius 3 is 1.61 bits per heavy atom. The van der Waals surface area contributed by atoms with Crippen LogP contribution in [0.25, 0.3) is 33.4 Å². The Balaban J connectivity index is 0.000000195. The van der Waals surface area contributed by atoms with Crippen molar-refractivity contribution in [3.05, 3.63) is 191 Å². The fraction of sp³-hybridized carbons (Fsp3) is 0.231. The second-order valence-electron chi connectivity index (χ2n) is 16.5. The Morgan fingerprint density at radius 2 is 1.13 bits per heavy atom. The van der Waals surface area contributed by atoms with E-state index in [2.05, 4.69) is 201 Å². The zero-order chi connectivity index (χ0) is 38.5. The summed E-state index contributed by atoms with van der Waals surface area (Å²) in [7, 11) is 0. The first-order valence-electron chi connectivity index (χ1n) is 19.1. The molecule has 0 heterocycles. The van der Waals surface area contributed by atoms with E-state index in [1.165, 1.54) is 77.1 Å². The first-order chi connectivity index (χ1) is 25.8. The van der Waals surface area contributed by atoms with Crippen LogP contribution >= 0.6 is 0 Å². The maximum atomic E-state index is 3.88. The molecule has 54 heavy (non-hydrogen) atoms. The van der Waals surface area contributed by atoms with Crippen molar-refractivity contribution < 1.29 is 23.3 Å². The van der Waals surface area contributed by atoms with Gasteiger partial charge in [-0.15, -0.1) is 35.2 Å². The van der Waals surface area contributed by atoms with Crippen LogP contribution in [0.1, 0.15) is 81.3 Å². The van der Waals surface area contributed by atoms with E-state index in [9.17, 15) is 0 Å². The number of hydrogen-bond acceptors (Lipinski definition) is 0. The van der Waals surface area contributed by atoms with Gasteiger partial charge in [-0.1, -0.05) is 131 Å². The first kappa shape index (κ1) is 39.6. The van der Waals surface area contributed by atoms with E-state index in [1.54, 1.807) is 23.3 Å². The monoisotopic (exact) mass is 794 g/mol. The molecule has 0 radical (unpaired) electrons. The number of allylic oxidation sites excluding steroid dienone is 4. The third-order valence-electron chi connectivity index (χ3n) is 10.0. The maximum absolute atomic E-state index is 3.88. The second kappa shape index (κ2) is 17.1. The molecule has 0 spiro atoms. The van der Waals surface area contributed by atoms with Crippen LogP contribution in [0.15, 0.2) is 146 Å². The van der Waals surface area contributed by atoms with Crippen LogP contribution in [0, 0.1) is 26.0 Å². The van der Waals surface area contributed by atoms with Crippen LogP contribution in [0.5, 0.6) is 0 Å². The largest absolute Gasteiger partial charge is 0.273 e. The van der Waals surface area contributed by atoms with Crippen LogP contribution in [-0.4, -0.2) is 5.43 Å². The molecule has 2 heteroatoms. The number of benzene rings is 6. The van der Waals surface area contributed by atoms with Gasteiger partial charge >= 0.3 is 113 Å². The summed E-state index contributed by atoms with van der Waals surface area (Å²) >= 11 is 1.65. The summed E-state index contributed by atoms with van der Waals surface area (Å²) in [5, 5.41) is 3.07. The molecule has 0 N–H and O–H groups in total. The summed E-state index contributed by atoms with van der Waals surface area (Å²) in [5.74, 6) is 0. The van der Waals surface area contributed by atoms with Crippen LogP contribution in [0.3, 0.4) is 0 Å². The normalized spacial score (nSPS) is 12.6. The Bertz CT molecular complexity index is 2150. The van der Waals surface area contributed by atoms with E-state index in [-0.39, 0.29) is 10.8 Å². The summed E-state index contributed by atoms with van der Waals surface area (Å²) in [4.78, 5) is 0. The topological polar surface area (TPSA) is 0 Å². The quantitative estimate of drug-likeness (QED) is 0.123. The molecule has 0 aromatic heterocycles. The first-order valence-corrected chi connectivity index (χ1v) is 24.3. The molecule has 0 aliphatic heterocycles. The third-order valence-corrected chi connectivity index (χ3v) is 16.1. The molecule has 268 valence electrons. The zero-order valence-corrected chi connectivity index (χ0v) is 36.7. The molecule has 0 atom stereocenters. The molecule has 0 fully saturated rings. The number of fused-ring (bicyclic) bond motifs is 3. The van der Waals surface area contributed by atoms with Crippen molar-refractivity contribution in [1.82, 2.24) is 0 Å². The molecule has 2 aliphatic rings. The fourth-order valence-corrected chi connectivity index (χ4v) is 11.1. The van der Waals surface area contributed by atoms with Gasteiger partial charge < -0.3 is 0 Å². The Hall–Kier alpha value is -4.10. The molecular formula is C52H52SiZr. The van der Waals surface area contributed by atoms with Gasteiger partial charge in [-0.05, 0) is 39.5 Å². The molecule has 0 saturated heterocycles. The summed E-state index contributed by atoms with van der Waals surface area (Å²) in [6.45, 7) is 18.2. The molecular weight excluding hydrogens is 744 g/mol. The van der Waals surface area contributed by atoms with Crippen molar-refractivity contribution in [3.63, 3.8) is 0 Å². The van der Waals surface area contributed by atoms with E-state index in [1.807, 2.05) is 12.2 Å². The average Bonchev–Trinajstić information content (AvgIpc) is 3.86. The van der Waals surface area contributed by atoms with Gasteiger partial charge in [-0.25, -0.2) is 12.2 Å². The van der Waals surface area contributed by atoms with Gasteiger partial charge in [0, 0.05) is 0 Å². The van der Waals surface area contributed by atoms with Crippen LogP contribution in [0.4, 0.5) is 0 Å². The number of hydrogen-bond donors (Lipinski definition) is 0. The Kier molecular flexibility index (Phi) is 12.6. The van der Waals surface area contributed by atoms with E-state index in [4.69, 9.17) is 0 Å². The van der Waals surface area contributed by atoms with Crippen LogP contribution in [0.2, 0.25) is 0 Å². The predicted octanol–water partition coefficient (Wildman–Crippen LogP) is 12.2. The van der Waals surface area contributed by atoms with Crippen molar-refractivity contribution >= 4 is 15.8 Å². The minimum Gasteiger partial charge on any atom is -0.273 e. The van der Waals surface area contributed by atoms with Crippen molar-refractivity contribution in [2.75, 3.05) is 0 Å². The number of rotatable bonds is 4. The number of aryl methyl sites for hydroxylation is 2. The smallest absolute Gasteiger partial charge is 0.109 e. The summed E-state index contributed by atoms with van der Waals surface area (Å²) in [5.41, 5.74) is 15.7. The molecule has 0 unspecified atom stereocenters. The van der Waals surface area contributed by atoms with Crippen LogP contribution in [-0.2, 0) is 40.6 Å². The van der Waals surface area contributed by atoms with Gasteiger partial charge in [-0.3, -0.25) is 6.08 Å². The molecule has 0 bridgehead atoms. The van der Waals surface area contributed by atoms with Gasteiger partial charge in [0.15, 0.2) is 0 Å². The molecule has 0 nitrogen and oxygen atoms in total. The van der Waals surface area contributed by atoms with Crippen molar-refractivity contribution in [2.45, 2.75) is 79.1 Å². The molecule has 6 aromatic carbocycles. The van der Waals surface area contributed by atoms with E-state index in [0.717, 1.165) is 12.8 Å². The SMILES string of the molecule is CC(C)(C)c1cc2c([c-]c1-c1ccccc1)Cc1cc(-c3ccccc3)c(C(C)(C)C)cc1-2.Cc1cccc([Si](=[Zr+2])c2cccc(C)c2)c1.[C-]1=CC=CC1. The van der Waals surface area contributed by atoms with Crippen LogP contribution < -0.4 is 10.4 Å². The average molecular weight is 796 g/mol. The minimum absolute atomic E-state index is 0.0380. The predicted molar refractivity (Wildman–Crippen MR) is 231 cm³/mol. The standard InChI is InChI=1S/C33H33.C14H14Si.C5H5.Zr/c1-32(2,3)30-20-26-24(18-28(30)22-13-9-7-10-14-22)17-25-19-29(23-15-11-8-12-16-23)31(21-27(25)26)33(4,5)6;1-11-5-3-7-13(9-11)15-14-8-4-6-12(2)10-14;1-2-4-5-3-1;/h7-16,18,20-21H,17H2,1-6H3;3-10H,1-2H3;1-3H,4H2;/q-1;;-1;+2. The van der Waals surface area contributed by atoms with Gasteiger partial charge in [0.2, 0.25) is 0 Å². The van der Waals surface area contributed by atoms with E-state index >= 15 is 0 Å². The summed E-state index contributed by atoms with van der Waals surface area (Å²) < 4.78 is 0. The Labute approximate surface area is 340 Å². The van der Waals surface area contributed by atoms with Crippen molar-refractivity contribution in [3.8, 4) is 33.4 Å².